The third-order valence-electron chi connectivity index (χ3n) is 5.37. The van der Waals surface area contributed by atoms with Gasteiger partial charge >= 0.3 is 0 Å². The SMILES string of the molecule is Brc1ccc2c(c1)nc1n(-c3cccc(-c4ccccc4)c3)c3ccccc3n21. The molecule has 2 heterocycles. The molecule has 4 aromatic carbocycles. The number of para-hydroxylation sites is 2. The zero-order chi connectivity index (χ0) is 19.4. The zero-order valence-electron chi connectivity index (χ0n) is 15.5. The second-order valence-electron chi connectivity index (χ2n) is 7.12. The predicted molar refractivity (Wildman–Crippen MR) is 123 cm³/mol. The maximum atomic E-state index is 4.99. The molecule has 2 aromatic heterocycles. The normalized spacial score (nSPS) is 11.6. The van der Waals surface area contributed by atoms with Crippen molar-refractivity contribution in [1.29, 1.82) is 0 Å². The number of aromatic nitrogens is 3. The monoisotopic (exact) mass is 437 g/mol. The van der Waals surface area contributed by atoms with Crippen LogP contribution in [0.4, 0.5) is 0 Å². The van der Waals surface area contributed by atoms with E-state index in [2.05, 4.69) is 116 Å². The number of hydrogen-bond donors (Lipinski definition) is 0. The Kier molecular flexibility index (Phi) is 3.61. The lowest BCUT2D eigenvalue weighted by atomic mass is 10.1. The highest BCUT2D eigenvalue weighted by Gasteiger charge is 2.17. The smallest absolute Gasteiger partial charge is 0.220 e. The molecule has 0 fully saturated rings. The molecule has 138 valence electrons. The minimum atomic E-state index is 0.921. The largest absolute Gasteiger partial charge is 0.278 e. The van der Waals surface area contributed by atoms with E-state index in [0.717, 1.165) is 38.0 Å². The van der Waals surface area contributed by atoms with Crippen molar-refractivity contribution in [2.24, 2.45) is 0 Å². The summed E-state index contributed by atoms with van der Waals surface area (Å²) >= 11 is 3.57. The van der Waals surface area contributed by atoms with Gasteiger partial charge in [-0.05, 0) is 53.6 Å². The van der Waals surface area contributed by atoms with Gasteiger partial charge < -0.3 is 0 Å². The summed E-state index contributed by atoms with van der Waals surface area (Å²) < 4.78 is 5.52. The molecule has 6 aromatic rings. The fraction of sp³-hybridized carbons (Fsp3) is 0. The van der Waals surface area contributed by atoms with Crippen LogP contribution in [-0.2, 0) is 0 Å². The Morgan fingerprint density at radius 2 is 1.38 bits per heavy atom. The van der Waals surface area contributed by atoms with Crippen LogP contribution in [-0.4, -0.2) is 14.0 Å². The second-order valence-corrected chi connectivity index (χ2v) is 8.04. The van der Waals surface area contributed by atoms with Gasteiger partial charge in [0.1, 0.15) is 0 Å². The number of halogens is 1. The second kappa shape index (κ2) is 6.33. The molecule has 0 aliphatic carbocycles. The Balaban J connectivity index is 1.70. The Bertz CT molecular complexity index is 1510. The van der Waals surface area contributed by atoms with Gasteiger partial charge in [-0.25, -0.2) is 4.98 Å². The van der Waals surface area contributed by atoms with E-state index < -0.39 is 0 Å². The fourth-order valence-corrected chi connectivity index (χ4v) is 4.44. The van der Waals surface area contributed by atoms with Gasteiger partial charge in [0, 0.05) is 10.2 Å². The predicted octanol–water partition coefficient (Wildman–Crippen LogP) is 6.86. The molecule has 0 aliphatic heterocycles. The molecule has 6 rings (SSSR count). The number of nitrogens with zero attached hydrogens (tertiary/aromatic N) is 3. The molecule has 0 spiro atoms. The summed E-state index contributed by atoms with van der Waals surface area (Å²) in [5.41, 5.74) is 7.89. The van der Waals surface area contributed by atoms with Crippen LogP contribution in [0.25, 0.3) is 44.7 Å². The molecule has 0 N–H and O–H groups in total. The van der Waals surface area contributed by atoms with Gasteiger partial charge in [0.25, 0.3) is 0 Å². The molecule has 0 saturated carbocycles. The van der Waals surface area contributed by atoms with E-state index in [-0.39, 0.29) is 0 Å². The molecule has 0 amide bonds. The number of rotatable bonds is 2. The van der Waals surface area contributed by atoms with Gasteiger partial charge in [0.2, 0.25) is 5.78 Å². The number of imidazole rings is 2. The van der Waals surface area contributed by atoms with Crippen molar-refractivity contribution in [2.45, 2.75) is 0 Å². The molecule has 0 saturated heterocycles. The topological polar surface area (TPSA) is 22.2 Å². The van der Waals surface area contributed by atoms with Gasteiger partial charge in [-0.2, -0.15) is 0 Å². The molecular formula is C25H16BrN3. The molecule has 0 atom stereocenters. The average Bonchev–Trinajstić information content (AvgIpc) is 3.28. The molecule has 4 heteroatoms. The van der Waals surface area contributed by atoms with E-state index >= 15 is 0 Å². The van der Waals surface area contributed by atoms with E-state index in [1.54, 1.807) is 0 Å². The van der Waals surface area contributed by atoms with Crippen LogP contribution in [0.2, 0.25) is 0 Å². The molecule has 0 aliphatic rings. The highest BCUT2D eigenvalue weighted by molar-refractivity contribution is 9.10. The minimum Gasteiger partial charge on any atom is -0.278 e. The number of fused-ring (bicyclic) bond motifs is 5. The summed E-state index contributed by atoms with van der Waals surface area (Å²) in [5, 5.41) is 0. The van der Waals surface area contributed by atoms with Crippen LogP contribution in [0.15, 0.2) is 102 Å². The van der Waals surface area contributed by atoms with Crippen LogP contribution in [0.1, 0.15) is 0 Å². The highest BCUT2D eigenvalue weighted by Crippen LogP contribution is 2.31. The van der Waals surface area contributed by atoms with Crippen LogP contribution in [0.3, 0.4) is 0 Å². The first-order valence-electron chi connectivity index (χ1n) is 9.53. The van der Waals surface area contributed by atoms with Crippen molar-refractivity contribution in [3.8, 4) is 16.8 Å². The molecule has 3 nitrogen and oxygen atoms in total. The van der Waals surface area contributed by atoms with Crippen molar-refractivity contribution < 1.29 is 0 Å². The minimum absolute atomic E-state index is 0.921. The summed E-state index contributed by atoms with van der Waals surface area (Å²) in [6.07, 6.45) is 0. The summed E-state index contributed by atoms with van der Waals surface area (Å²) in [6, 6.07) is 33.9. The van der Waals surface area contributed by atoms with Crippen molar-refractivity contribution in [2.75, 3.05) is 0 Å². The van der Waals surface area contributed by atoms with E-state index in [1.165, 1.54) is 11.1 Å². The van der Waals surface area contributed by atoms with Crippen molar-refractivity contribution >= 4 is 43.8 Å². The first-order valence-corrected chi connectivity index (χ1v) is 10.3. The number of hydrogen-bond acceptors (Lipinski definition) is 1. The highest BCUT2D eigenvalue weighted by atomic mass is 79.9. The third kappa shape index (κ3) is 2.53. The van der Waals surface area contributed by atoms with Gasteiger partial charge in [-0.15, -0.1) is 0 Å². The first-order chi connectivity index (χ1) is 14.3. The first kappa shape index (κ1) is 16.6. The van der Waals surface area contributed by atoms with Crippen molar-refractivity contribution in [3.05, 3.63) is 102 Å². The van der Waals surface area contributed by atoms with Gasteiger partial charge in [0.05, 0.1) is 22.1 Å². The lowest BCUT2D eigenvalue weighted by molar-refractivity contribution is 1.11. The van der Waals surface area contributed by atoms with Crippen molar-refractivity contribution in [3.63, 3.8) is 0 Å². The summed E-state index contributed by atoms with van der Waals surface area (Å²) in [4.78, 5) is 4.99. The number of benzene rings is 4. The summed E-state index contributed by atoms with van der Waals surface area (Å²) in [5.74, 6) is 0.921. The Morgan fingerprint density at radius 3 is 2.24 bits per heavy atom. The average molecular weight is 438 g/mol. The van der Waals surface area contributed by atoms with Gasteiger partial charge in [0.15, 0.2) is 0 Å². The van der Waals surface area contributed by atoms with Crippen LogP contribution >= 0.6 is 15.9 Å². The standard InChI is InChI=1S/C25H16BrN3/c26-19-13-14-22-21(16-19)27-25-28(23-11-4-5-12-24(23)29(22)25)20-10-6-9-18(15-20)17-7-2-1-3-8-17/h1-16H. The van der Waals surface area contributed by atoms with E-state index in [0.29, 0.717) is 0 Å². The van der Waals surface area contributed by atoms with Gasteiger partial charge in [-0.1, -0.05) is 70.5 Å². The van der Waals surface area contributed by atoms with E-state index in [4.69, 9.17) is 4.98 Å². The van der Waals surface area contributed by atoms with E-state index in [9.17, 15) is 0 Å². The maximum absolute atomic E-state index is 4.99. The molecular weight excluding hydrogens is 422 g/mol. The lowest BCUT2D eigenvalue weighted by Gasteiger charge is -2.08. The van der Waals surface area contributed by atoms with Crippen LogP contribution < -0.4 is 0 Å². The van der Waals surface area contributed by atoms with Crippen LogP contribution in [0, 0.1) is 0 Å². The van der Waals surface area contributed by atoms with Crippen LogP contribution in [0.5, 0.6) is 0 Å². The fourth-order valence-electron chi connectivity index (χ4n) is 4.09. The zero-order valence-corrected chi connectivity index (χ0v) is 17.0. The summed E-state index contributed by atoms with van der Waals surface area (Å²) in [7, 11) is 0. The van der Waals surface area contributed by atoms with Crippen molar-refractivity contribution in [1.82, 2.24) is 14.0 Å². The summed E-state index contributed by atoms with van der Waals surface area (Å²) in [6.45, 7) is 0. The Labute approximate surface area is 176 Å². The third-order valence-corrected chi connectivity index (χ3v) is 5.87. The quantitative estimate of drug-likeness (QED) is 0.290. The molecule has 29 heavy (non-hydrogen) atoms. The molecule has 0 unspecified atom stereocenters. The lowest BCUT2D eigenvalue weighted by Crippen LogP contribution is -1.95. The maximum Gasteiger partial charge on any atom is 0.220 e. The van der Waals surface area contributed by atoms with E-state index in [1.807, 2.05) is 6.07 Å². The Hall–Kier alpha value is -3.37. The van der Waals surface area contributed by atoms with Gasteiger partial charge in [-0.3, -0.25) is 8.97 Å². The molecule has 0 bridgehead atoms. The Morgan fingerprint density at radius 1 is 0.621 bits per heavy atom. The molecule has 0 radical (unpaired) electrons.